The van der Waals surface area contributed by atoms with Gasteiger partial charge >= 0.3 is 0 Å². The SMILES string of the molecule is Cc1ccncc1Cn1c(C(C)Cl)nc2cc(Br)ccc21. The van der Waals surface area contributed by atoms with E-state index in [1.807, 2.05) is 37.5 Å². The number of hydrogen-bond donors (Lipinski definition) is 0. The number of halogens is 2. The highest BCUT2D eigenvalue weighted by Gasteiger charge is 2.16. The highest BCUT2D eigenvalue weighted by atomic mass is 79.9. The smallest absolute Gasteiger partial charge is 0.128 e. The van der Waals surface area contributed by atoms with Crippen LogP contribution in [0.15, 0.2) is 41.1 Å². The first-order valence-electron chi connectivity index (χ1n) is 6.75. The van der Waals surface area contributed by atoms with Crippen LogP contribution in [0.2, 0.25) is 0 Å². The molecule has 0 fully saturated rings. The molecule has 0 saturated carbocycles. The van der Waals surface area contributed by atoms with Crippen molar-refractivity contribution in [2.24, 2.45) is 0 Å². The Hall–Kier alpha value is -1.39. The summed E-state index contributed by atoms with van der Waals surface area (Å²) in [5.74, 6) is 0.882. The normalized spacial score (nSPS) is 12.8. The number of hydrogen-bond acceptors (Lipinski definition) is 2. The van der Waals surface area contributed by atoms with Crippen molar-refractivity contribution in [1.29, 1.82) is 0 Å². The maximum atomic E-state index is 6.31. The summed E-state index contributed by atoms with van der Waals surface area (Å²) in [6.45, 7) is 4.77. The monoisotopic (exact) mass is 363 g/mol. The molecule has 21 heavy (non-hydrogen) atoms. The molecule has 2 aromatic heterocycles. The molecule has 0 spiro atoms. The molecule has 5 heteroatoms. The zero-order valence-electron chi connectivity index (χ0n) is 11.8. The first kappa shape index (κ1) is 14.5. The maximum Gasteiger partial charge on any atom is 0.128 e. The molecule has 2 heterocycles. The summed E-state index contributed by atoms with van der Waals surface area (Å²) >= 11 is 9.80. The van der Waals surface area contributed by atoms with Gasteiger partial charge in [0.25, 0.3) is 0 Å². The fourth-order valence-electron chi connectivity index (χ4n) is 2.42. The van der Waals surface area contributed by atoms with Crippen LogP contribution in [0.5, 0.6) is 0 Å². The van der Waals surface area contributed by atoms with Crippen molar-refractivity contribution in [2.75, 3.05) is 0 Å². The lowest BCUT2D eigenvalue weighted by molar-refractivity contribution is 0.737. The molecule has 3 rings (SSSR count). The Morgan fingerprint density at radius 3 is 2.86 bits per heavy atom. The topological polar surface area (TPSA) is 30.7 Å². The van der Waals surface area contributed by atoms with Crippen LogP contribution in [-0.2, 0) is 6.54 Å². The van der Waals surface area contributed by atoms with Gasteiger partial charge in [0, 0.05) is 16.9 Å². The van der Waals surface area contributed by atoms with Crippen LogP contribution in [0.1, 0.15) is 29.3 Å². The lowest BCUT2D eigenvalue weighted by atomic mass is 10.1. The van der Waals surface area contributed by atoms with Crippen molar-refractivity contribution in [2.45, 2.75) is 25.8 Å². The molecule has 3 nitrogen and oxygen atoms in total. The highest BCUT2D eigenvalue weighted by Crippen LogP contribution is 2.27. The summed E-state index contributed by atoms with van der Waals surface area (Å²) < 4.78 is 3.19. The molecule has 0 aliphatic rings. The van der Waals surface area contributed by atoms with Crippen LogP contribution in [0.4, 0.5) is 0 Å². The molecule has 3 aromatic rings. The summed E-state index contributed by atoms with van der Waals surface area (Å²) in [5, 5.41) is -0.145. The van der Waals surface area contributed by atoms with E-state index in [1.54, 1.807) is 0 Å². The molecule has 0 amide bonds. The van der Waals surface area contributed by atoms with Gasteiger partial charge in [-0.05, 0) is 49.2 Å². The number of nitrogens with zero attached hydrogens (tertiary/aromatic N) is 3. The first-order chi connectivity index (χ1) is 10.1. The third-order valence-corrected chi connectivity index (χ3v) is 4.26. The second-order valence-electron chi connectivity index (χ2n) is 5.11. The fraction of sp³-hybridized carbons (Fsp3) is 0.250. The second kappa shape index (κ2) is 5.78. The minimum atomic E-state index is -0.145. The quantitative estimate of drug-likeness (QED) is 0.622. The van der Waals surface area contributed by atoms with Gasteiger partial charge in [-0.15, -0.1) is 11.6 Å². The van der Waals surface area contributed by atoms with Crippen LogP contribution >= 0.6 is 27.5 Å². The molecule has 108 valence electrons. The Balaban J connectivity index is 2.16. The van der Waals surface area contributed by atoms with Crippen molar-refractivity contribution >= 4 is 38.6 Å². The van der Waals surface area contributed by atoms with E-state index < -0.39 is 0 Å². The van der Waals surface area contributed by atoms with E-state index in [2.05, 4.69) is 43.5 Å². The van der Waals surface area contributed by atoms with Gasteiger partial charge < -0.3 is 4.57 Å². The first-order valence-corrected chi connectivity index (χ1v) is 7.98. The van der Waals surface area contributed by atoms with Crippen molar-refractivity contribution in [3.8, 4) is 0 Å². The summed E-state index contributed by atoms with van der Waals surface area (Å²) in [6, 6.07) is 8.14. The Kier molecular flexibility index (Phi) is 4.00. The standard InChI is InChI=1S/C16H15BrClN3/c1-10-5-6-19-8-12(10)9-21-15-4-3-13(17)7-14(15)20-16(21)11(2)18/h3-8,11H,9H2,1-2H3. The van der Waals surface area contributed by atoms with Crippen molar-refractivity contribution in [3.05, 3.63) is 58.1 Å². The Morgan fingerprint density at radius 1 is 1.33 bits per heavy atom. The summed E-state index contributed by atoms with van der Waals surface area (Å²) in [4.78, 5) is 8.90. The van der Waals surface area contributed by atoms with E-state index in [0.29, 0.717) is 0 Å². The minimum Gasteiger partial charge on any atom is -0.322 e. The van der Waals surface area contributed by atoms with Gasteiger partial charge in [0.2, 0.25) is 0 Å². The number of alkyl halides is 1. The average molecular weight is 365 g/mol. The summed E-state index contributed by atoms with van der Waals surface area (Å²) in [5.41, 5.74) is 4.44. The molecule has 1 aromatic carbocycles. The molecule has 0 aliphatic heterocycles. The largest absolute Gasteiger partial charge is 0.322 e. The second-order valence-corrected chi connectivity index (χ2v) is 6.68. The zero-order chi connectivity index (χ0) is 15.0. The number of aromatic nitrogens is 3. The highest BCUT2D eigenvalue weighted by molar-refractivity contribution is 9.10. The molecule has 0 bridgehead atoms. The molecule has 1 unspecified atom stereocenters. The molecular weight excluding hydrogens is 350 g/mol. The van der Waals surface area contributed by atoms with Gasteiger partial charge in [-0.1, -0.05) is 15.9 Å². The van der Waals surface area contributed by atoms with Crippen LogP contribution in [0, 0.1) is 6.92 Å². The summed E-state index contributed by atoms with van der Waals surface area (Å²) in [6.07, 6.45) is 3.72. The number of fused-ring (bicyclic) bond motifs is 1. The maximum absolute atomic E-state index is 6.31. The van der Waals surface area contributed by atoms with Gasteiger partial charge in [0.05, 0.1) is 23.0 Å². The number of imidazole rings is 1. The minimum absolute atomic E-state index is 0.145. The number of aryl methyl sites for hydroxylation is 1. The third-order valence-electron chi connectivity index (χ3n) is 3.57. The van der Waals surface area contributed by atoms with Gasteiger partial charge in [-0.25, -0.2) is 4.98 Å². The van der Waals surface area contributed by atoms with Crippen LogP contribution in [0.25, 0.3) is 11.0 Å². The molecule has 0 N–H and O–H groups in total. The number of rotatable bonds is 3. The summed E-state index contributed by atoms with van der Waals surface area (Å²) in [7, 11) is 0. The van der Waals surface area contributed by atoms with E-state index >= 15 is 0 Å². The van der Waals surface area contributed by atoms with Gasteiger partial charge in [0.1, 0.15) is 5.82 Å². The molecule has 0 aliphatic carbocycles. The predicted molar refractivity (Wildman–Crippen MR) is 89.8 cm³/mol. The van der Waals surface area contributed by atoms with Crippen LogP contribution < -0.4 is 0 Å². The number of benzene rings is 1. The van der Waals surface area contributed by atoms with E-state index in [1.165, 1.54) is 11.1 Å². The van der Waals surface area contributed by atoms with Gasteiger partial charge in [0.15, 0.2) is 0 Å². The van der Waals surface area contributed by atoms with Crippen LogP contribution in [-0.4, -0.2) is 14.5 Å². The van der Waals surface area contributed by atoms with Crippen molar-refractivity contribution in [1.82, 2.24) is 14.5 Å². The van der Waals surface area contributed by atoms with Gasteiger partial charge in [-0.3, -0.25) is 4.98 Å². The van der Waals surface area contributed by atoms with Gasteiger partial charge in [-0.2, -0.15) is 0 Å². The van der Waals surface area contributed by atoms with E-state index in [0.717, 1.165) is 27.9 Å². The van der Waals surface area contributed by atoms with E-state index in [9.17, 15) is 0 Å². The lowest BCUT2D eigenvalue weighted by Crippen LogP contribution is -2.07. The molecule has 1 atom stereocenters. The zero-order valence-corrected chi connectivity index (χ0v) is 14.2. The third kappa shape index (κ3) is 2.83. The molecule has 0 radical (unpaired) electrons. The van der Waals surface area contributed by atoms with E-state index in [-0.39, 0.29) is 5.38 Å². The molecule has 0 saturated heterocycles. The predicted octanol–water partition coefficient (Wildman–Crippen LogP) is 4.85. The average Bonchev–Trinajstić information content (AvgIpc) is 2.79. The van der Waals surface area contributed by atoms with Crippen molar-refractivity contribution in [3.63, 3.8) is 0 Å². The lowest BCUT2D eigenvalue weighted by Gasteiger charge is -2.12. The fourth-order valence-corrected chi connectivity index (χ4v) is 2.94. The van der Waals surface area contributed by atoms with E-state index in [4.69, 9.17) is 11.6 Å². The Labute approximate surface area is 137 Å². The van der Waals surface area contributed by atoms with Crippen molar-refractivity contribution < 1.29 is 0 Å². The molecular formula is C16H15BrClN3. The Morgan fingerprint density at radius 2 is 2.14 bits per heavy atom. The number of pyridine rings is 1. The Bertz CT molecular complexity index is 795. The van der Waals surface area contributed by atoms with Crippen LogP contribution in [0.3, 0.4) is 0 Å².